The van der Waals surface area contributed by atoms with Gasteiger partial charge in [0.25, 0.3) is 0 Å². The summed E-state index contributed by atoms with van der Waals surface area (Å²) in [6.07, 6.45) is 5.00. The van der Waals surface area contributed by atoms with Crippen molar-refractivity contribution >= 4 is 17.7 Å². The summed E-state index contributed by atoms with van der Waals surface area (Å²) in [5.74, 6) is -0.829. The Labute approximate surface area is 190 Å². The molecule has 4 aliphatic carbocycles. The van der Waals surface area contributed by atoms with Gasteiger partial charge in [-0.2, -0.15) is 0 Å². The SMILES string of the molecule is CC(=O)OC[C@]12CC[C@H](OC(C)=O)C[C@]1(O)CC[C@@H]1[C@@H]2CC[C@@]2(C)[C@H](C(C)=O)CC[C@]12O. The third-order valence-corrected chi connectivity index (χ3v) is 9.99. The van der Waals surface area contributed by atoms with E-state index < -0.39 is 22.0 Å². The van der Waals surface area contributed by atoms with E-state index in [4.69, 9.17) is 9.47 Å². The molecule has 0 amide bonds. The molecule has 7 heteroatoms. The number of hydrogen-bond donors (Lipinski definition) is 2. The number of carbonyl (C=O) groups is 3. The summed E-state index contributed by atoms with van der Waals surface area (Å²) in [6, 6.07) is 0. The van der Waals surface area contributed by atoms with Gasteiger partial charge in [-0.1, -0.05) is 6.92 Å². The number of esters is 2. The molecule has 32 heavy (non-hydrogen) atoms. The minimum atomic E-state index is -1.13. The summed E-state index contributed by atoms with van der Waals surface area (Å²) in [5.41, 5.74) is -3.26. The molecular weight excluding hydrogens is 412 g/mol. The minimum absolute atomic E-state index is 0.0253. The van der Waals surface area contributed by atoms with Gasteiger partial charge in [0.1, 0.15) is 11.9 Å². The molecule has 0 aromatic carbocycles. The van der Waals surface area contributed by atoms with E-state index in [1.807, 2.05) is 0 Å². The molecule has 0 spiro atoms. The normalized spacial score (nSPS) is 47.6. The van der Waals surface area contributed by atoms with Gasteiger partial charge in [-0.25, -0.2) is 0 Å². The molecule has 0 aliphatic heterocycles. The first-order chi connectivity index (χ1) is 14.9. The van der Waals surface area contributed by atoms with Crippen molar-refractivity contribution < 1.29 is 34.1 Å². The summed E-state index contributed by atoms with van der Waals surface area (Å²) >= 11 is 0. The molecule has 180 valence electrons. The highest BCUT2D eigenvalue weighted by Crippen LogP contribution is 2.70. The lowest BCUT2D eigenvalue weighted by Gasteiger charge is -2.66. The Morgan fingerprint density at radius 2 is 1.56 bits per heavy atom. The van der Waals surface area contributed by atoms with E-state index >= 15 is 0 Å². The predicted octanol–water partition coefficient (Wildman–Crippen LogP) is 2.94. The topological polar surface area (TPSA) is 110 Å². The van der Waals surface area contributed by atoms with E-state index in [1.54, 1.807) is 6.92 Å². The number of ketones is 1. The first kappa shape index (κ1) is 23.7. The standard InChI is InChI=1S/C25H38O7/c1-15(26)19-8-12-25(30)21-7-11-24(29)13-18(32-17(3)28)5-10-23(24,14-31-16(2)27)20(21)6-9-22(19,25)4/h18-21,29-30H,5-14H2,1-4H3/t18-,19-,20-,21+,22-,23-,24+,25-/m0/s1. The van der Waals surface area contributed by atoms with Crippen LogP contribution >= 0.6 is 0 Å². The van der Waals surface area contributed by atoms with Gasteiger partial charge in [0, 0.05) is 37.0 Å². The Balaban J connectivity index is 1.71. The zero-order valence-electron chi connectivity index (χ0n) is 19.8. The summed E-state index contributed by atoms with van der Waals surface area (Å²) < 4.78 is 11.0. The van der Waals surface area contributed by atoms with Gasteiger partial charge in [0.05, 0.1) is 17.8 Å². The Bertz CT molecular complexity index is 810. The van der Waals surface area contributed by atoms with Crippen molar-refractivity contribution in [3.63, 3.8) is 0 Å². The molecule has 0 aromatic heterocycles. The number of aliphatic hydroxyl groups is 2. The first-order valence-electron chi connectivity index (χ1n) is 12.1. The maximum absolute atomic E-state index is 12.4. The van der Waals surface area contributed by atoms with Gasteiger partial charge in [0.2, 0.25) is 0 Å². The molecule has 4 aliphatic rings. The fourth-order valence-corrected chi connectivity index (χ4v) is 8.50. The van der Waals surface area contributed by atoms with Gasteiger partial charge in [-0.05, 0) is 70.1 Å². The first-order valence-corrected chi connectivity index (χ1v) is 12.1. The van der Waals surface area contributed by atoms with Crippen LogP contribution in [-0.2, 0) is 23.9 Å². The van der Waals surface area contributed by atoms with Crippen LogP contribution in [0.1, 0.15) is 85.5 Å². The molecule has 0 heterocycles. The van der Waals surface area contributed by atoms with Gasteiger partial charge >= 0.3 is 11.9 Å². The molecule has 0 aromatic rings. The Hall–Kier alpha value is -1.47. The fourth-order valence-electron chi connectivity index (χ4n) is 8.50. The van der Waals surface area contributed by atoms with Crippen molar-refractivity contribution in [2.75, 3.05) is 6.61 Å². The van der Waals surface area contributed by atoms with Crippen molar-refractivity contribution in [1.29, 1.82) is 0 Å². The van der Waals surface area contributed by atoms with Crippen LogP contribution in [0.15, 0.2) is 0 Å². The fraction of sp³-hybridized carbons (Fsp3) is 0.880. The third-order valence-electron chi connectivity index (χ3n) is 9.99. The van der Waals surface area contributed by atoms with Crippen molar-refractivity contribution in [1.82, 2.24) is 0 Å². The number of ether oxygens (including phenoxy) is 2. The highest BCUT2D eigenvalue weighted by atomic mass is 16.5. The van der Waals surface area contributed by atoms with Gasteiger partial charge in [-0.15, -0.1) is 0 Å². The van der Waals surface area contributed by atoms with E-state index in [0.29, 0.717) is 51.4 Å². The smallest absolute Gasteiger partial charge is 0.302 e. The van der Waals surface area contributed by atoms with Crippen molar-refractivity contribution in [3.8, 4) is 0 Å². The molecular formula is C25H38O7. The molecule has 0 saturated heterocycles. The molecule has 4 saturated carbocycles. The van der Waals surface area contributed by atoms with E-state index in [0.717, 1.165) is 6.42 Å². The highest BCUT2D eigenvalue weighted by molar-refractivity contribution is 5.80. The molecule has 4 fully saturated rings. The minimum Gasteiger partial charge on any atom is -0.465 e. The largest absolute Gasteiger partial charge is 0.465 e. The van der Waals surface area contributed by atoms with Crippen molar-refractivity contribution in [3.05, 3.63) is 0 Å². The third kappa shape index (κ3) is 3.25. The van der Waals surface area contributed by atoms with Gasteiger partial charge in [0.15, 0.2) is 0 Å². The van der Waals surface area contributed by atoms with Crippen LogP contribution < -0.4 is 0 Å². The lowest BCUT2D eigenvalue weighted by molar-refractivity contribution is -0.272. The maximum Gasteiger partial charge on any atom is 0.302 e. The van der Waals surface area contributed by atoms with Crippen LogP contribution in [0.2, 0.25) is 0 Å². The zero-order chi connectivity index (χ0) is 23.5. The lowest BCUT2D eigenvalue weighted by Crippen LogP contribution is -2.69. The second kappa shape index (κ2) is 7.79. The molecule has 4 rings (SSSR count). The second-order valence-corrected chi connectivity index (χ2v) is 11.3. The summed E-state index contributed by atoms with van der Waals surface area (Å²) in [4.78, 5) is 35.7. The van der Waals surface area contributed by atoms with E-state index in [1.165, 1.54) is 13.8 Å². The average molecular weight is 451 g/mol. The molecule has 0 unspecified atom stereocenters. The molecule has 0 radical (unpaired) electrons. The second-order valence-electron chi connectivity index (χ2n) is 11.3. The van der Waals surface area contributed by atoms with Gasteiger partial charge in [-0.3, -0.25) is 14.4 Å². The lowest BCUT2D eigenvalue weighted by atomic mass is 9.41. The van der Waals surface area contributed by atoms with Crippen LogP contribution in [0.25, 0.3) is 0 Å². The van der Waals surface area contributed by atoms with Crippen LogP contribution in [-0.4, -0.2) is 51.8 Å². The molecule has 8 atom stereocenters. The van der Waals surface area contributed by atoms with Crippen molar-refractivity contribution in [2.24, 2.45) is 28.6 Å². The Morgan fingerprint density at radius 1 is 0.875 bits per heavy atom. The van der Waals surface area contributed by atoms with E-state index in [-0.39, 0.29) is 48.2 Å². The molecule has 0 bridgehead atoms. The van der Waals surface area contributed by atoms with Crippen LogP contribution in [0.5, 0.6) is 0 Å². The predicted molar refractivity (Wildman–Crippen MR) is 115 cm³/mol. The number of carbonyl (C=O) groups excluding carboxylic acids is 3. The van der Waals surface area contributed by atoms with E-state index in [2.05, 4.69) is 6.92 Å². The Kier molecular flexibility index (Phi) is 5.77. The number of fused-ring (bicyclic) bond motifs is 5. The number of rotatable bonds is 4. The summed E-state index contributed by atoms with van der Waals surface area (Å²) in [7, 11) is 0. The van der Waals surface area contributed by atoms with Crippen LogP contribution in [0.3, 0.4) is 0 Å². The molecule has 7 nitrogen and oxygen atoms in total. The monoisotopic (exact) mass is 450 g/mol. The maximum atomic E-state index is 12.4. The van der Waals surface area contributed by atoms with Crippen molar-refractivity contribution in [2.45, 2.75) is 103 Å². The van der Waals surface area contributed by atoms with E-state index in [9.17, 15) is 24.6 Å². The highest BCUT2D eigenvalue weighted by Gasteiger charge is 2.71. The number of Topliss-reactive ketones (excluding diaryl/α,β-unsaturated/α-hetero) is 1. The molecule has 2 N–H and O–H groups in total. The number of hydrogen-bond acceptors (Lipinski definition) is 7. The zero-order valence-corrected chi connectivity index (χ0v) is 19.8. The van der Waals surface area contributed by atoms with Crippen LogP contribution in [0, 0.1) is 28.6 Å². The van der Waals surface area contributed by atoms with Crippen LogP contribution in [0.4, 0.5) is 0 Å². The van der Waals surface area contributed by atoms with Gasteiger partial charge < -0.3 is 19.7 Å². The average Bonchev–Trinajstić information content (AvgIpc) is 2.97. The summed E-state index contributed by atoms with van der Waals surface area (Å²) in [5, 5.41) is 24.1. The Morgan fingerprint density at radius 3 is 2.19 bits per heavy atom. The quantitative estimate of drug-likeness (QED) is 0.634. The summed E-state index contributed by atoms with van der Waals surface area (Å²) in [6.45, 7) is 6.56.